The maximum absolute atomic E-state index is 13.8. The number of hydrogen-bond acceptors (Lipinski definition) is 3. The molecule has 1 amide bonds. The number of carboxylic acids is 1. The molecule has 1 spiro atoms. The summed E-state index contributed by atoms with van der Waals surface area (Å²) in [7, 11) is 0. The highest BCUT2D eigenvalue weighted by Crippen LogP contribution is 2.57. The highest BCUT2D eigenvalue weighted by molar-refractivity contribution is 6.01. The number of para-hydroxylation sites is 1. The van der Waals surface area contributed by atoms with E-state index in [0.717, 1.165) is 36.2 Å². The Hall–Kier alpha value is -3.67. The average molecular weight is 445 g/mol. The molecule has 1 aliphatic heterocycles. The third-order valence-electron chi connectivity index (χ3n) is 6.78. The fourth-order valence-corrected chi connectivity index (χ4v) is 4.87. The lowest BCUT2D eigenvalue weighted by molar-refractivity contribution is 0.0696. The summed E-state index contributed by atoms with van der Waals surface area (Å²) in [6.45, 7) is 3.25. The first-order chi connectivity index (χ1) is 15.9. The molecule has 5 rings (SSSR count). The summed E-state index contributed by atoms with van der Waals surface area (Å²) in [6, 6.07) is 18.7. The fraction of sp³-hybridized carbons (Fsp3) is 0.259. The largest absolute Gasteiger partial charge is 0.478 e. The van der Waals surface area contributed by atoms with Crippen LogP contribution in [0.5, 0.6) is 0 Å². The van der Waals surface area contributed by atoms with Crippen molar-refractivity contribution in [3.05, 3.63) is 100 Å². The number of amides is 1. The lowest BCUT2D eigenvalue weighted by Gasteiger charge is -2.23. The van der Waals surface area contributed by atoms with E-state index in [9.17, 15) is 14.0 Å². The molecule has 33 heavy (non-hydrogen) atoms. The topological polar surface area (TPSA) is 69.6 Å². The molecule has 1 atom stereocenters. The standard InChI is InChI=1S/C27H25FN2O3/c1-17(19-8-10-20(11-9-19)26(32)33)29-25(31)22-6-3-7-23-24(22)30(16-27(23)12-13-27)15-18-4-2-5-21(28)14-18/h2-11,14,17H,12-13,15-16H2,1H3,(H,29,31)(H,32,33)/t17-/m0/s1. The van der Waals surface area contributed by atoms with E-state index in [0.29, 0.717) is 12.1 Å². The molecule has 2 aliphatic rings. The van der Waals surface area contributed by atoms with E-state index >= 15 is 0 Å². The van der Waals surface area contributed by atoms with Gasteiger partial charge in [-0.05, 0) is 66.8 Å². The molecule has 168 valence electrons. The minimum atomic E-state index is -0.981. The lowest BCUT2D eigenvalue weighted by Crippen LogP contribution is -2.29. The Morgan fingerprint density at radius 1 is 1.09 bits per heavy atom. The predicted molar refractivity (Wildman–Crippen MR) is 124 cm³/mol. The van der Waals surface area contributed by atoms with E-state index in [4.69, 9.17) is 5.11 Å². The van der Waals surface area contributed by atoms with Crippen LogP contribution in [0.1, 0.15) is 63.2 Å². The molecule has 3 aromatic carbocycles. The summed E-state index contributed by atoms with van der Waals surface area (Å²) in [5.74, 6) is -1.42. The van der Waals surface area contributed by atoms with Crippen LogP contribution in [-0.4, -0.2) is 23.5 Å². The molecule has 5 nitrogen and oxygen atoms in total. The average Bonchev–Trinajstić information content (AvgIpc) is 3.51. The van der Waals surface area contributed by atoms with Gasteiger partial charge in [0.1, 0.15) is 5.82 Å². The molecule has 0 aromatic heterocycles. The number of carboxylic acid groups (broad SMARTS) is 1. The van der Waals surface area contributed by atoms with Crippen LogP contribution in [0, 0.1) is 5.82 Å². The van der Waals surface area contributed by atoms with Gasteiger partial charge in [0.25, 0.3) is 5.91 Å². The van der Waals surface area contributed by atoms with Gasteiger partial charge in [-0.25, -0.2) is 9.18 Å². The minimum absolute atomic E-state index is 0.0945. The van der Waals surface area contributed by atoms with Crippen LogP contribution in [0.15, 0.2) is 66.7 Å². The molecule has 1 heterocycles. The molecule has 3 aromatic rings. The van der Waals surface area contributed by atoms with Gasteiger partial charge in [0.05, 0.1) is 22.9 Å². The van der Waals surface area contributed by atoms with Crippen LogP contribution < -0.4 is 10.2 Å². The smallest absolute Gasteiger partial charge is 0.335 e. The number of benzene rings is 3. The predicted octanol–water partition coefficient (Wildman–Crippen LogP) is 5.07. The summed E-state index contributed by atoms with van der Waals surface area (Å²) in [5.41, 5.74) is 4.76. The molecule has 2 N–H and O–H groups in total. The number of carbonyl (C=O) groups is 2. The molecule has 1 saturated carbocycles. The summed E-state index contributed by atoms with van der Waals surface area (Å²) in [5, 5.41) is 12.2. The molecule has 6 heteroatoms. The summed E-state index contributed by atoms with van der Waals surface area (Å²) >= 11 is 0. The van der Waals surface area contributed by atoms with Gasteiger partial charge in [-0.2, -0.15) is 0 Å². The number of carbonyl (C=O) groups excluding carboxylic acids is 1. The Morgan fingerprint density at radius 3 is 2.48 bits per heavy atom. The van der Waals surface area contributed by atoms with Crippen LogP contribution in [0.25, 0.3) is 0 Å². The quantitative estimate of drug-likeness (QED) is 0.557. The Kier molecular flexibility index (Phi) is 5.16. The van der Waals surface area contributed by atoms with Crippen molar-refractivity contribution in [3.8, 4) is 0 Å². The van der Waals surface area contributed by atoms with E-state index in [1.807, 2.05) is 25.1 Å². The molecular formula is C27H25FN2O3. The molecule has 0 unspecified atom stereocenters. The maximum atomic E-state index is 13.8. The van der Waals surface area contributed by atoms with Crippen LogP contribution in [0.4, 0.5) is 10.1 Å². The molecule has 0 radical (unpaired) electrons. The Balaban J connectivity index is 1.41. The fourth-order valence-electron chi connectivity index (χ4n) is 4.87. The monoisotopic (exact) mass is 444 g/mol. The molecular weight excluding hydrogens is 419 g/mol. The number of halogens is 1. The van der Waals surface area contributed by atoms with E-state index in [-0.39, 0.29) is 28.7 Å². The lowest BCUT2D eigenvalue weighted by atomic mass is 9.96. The van der Waals surface area contributed by atoms with Crippen LogP contribution >= 0.6 is 0 Å². The Bertz CT molecular complexity index is 1230. The summed E-state index contributed by atoms with van der Waals surface area (Å²) < 4.78 is 13.8. The van der Waals surface area contributed by atoms with Gasteiger partial charge in [0, 0.05) is 18.5 Å². The van der Waals surface area contributed by atoms with Crippen molar-refractivity contribution in [2.24, 2.45) is 0 Å². The van der Waals surface area contributed by atoms with Crippen molar-refractivity contribution >= 4 is 17.6 Å². The number of nitrogens with zero attached hydrogens (tertiary/aromatic N) is 1. The highest BCUT2D eigenvalue weighted by atomic mass is 19.1. The molecule has 1 fully saturated rings. The zero-order valence-electron chi connectivity index (χ0n) is 18.3. The first-order valence-corrected chi connectivity index (χ1v) is 11.1. The summed E-state index contributed by atoms with van der Waals surface area (Å²) in [4.78, 5) is 26.7. The molecule has 0 bridgehead atoms. The van der Waals surface area contributed by atoms with E-state index in [1.54, 1.807) is 24.3 Å². The zero-order chi connectivity index (χ0) is 23.2. The van der Waals surface area contributed by atoms with Crippen molar-refractivity contribution in [2.75, 3.05) is 11.4 Å². The maximum Gasteiger partial charge on any atom is 0.335 e. The number of hydrogen-bond donors (Lipinski definition) is 2. The van der Waals surface area contributed by atoms with E-state index in [1.165, 1.54) is 23.8 Å². The van der Waals surface area contributed by atoms with Crippen LogP contribution in [0.3, 0.4) is 0 Å². The van der Waals surface area contributed by atoms with Crippen molar-refractivity contribution < 1.29 is 19.1 Å². The normalized spacial score (nSPS) is 16.4. The molecule has 1 aliphatic carbocycles. The van der Waals surface area contributed by atoms with Crippen molar-refractivity contribution in [3.63, 3.8) is 0 Å². The van der Waals surface area contributed by atoms with Gasteiger partial charge >= 0.3 is 5.97 Å². The third kappa shape index (κ3) is 3.97. The van der Waals surface area contributed by atoms with Gasteiger partial charge in [-0.1, -0.05) is 36.4 Å². The number of anilines is 1. The number of aromatic carboxylic acids is 1. The highest BCUT2D eigenvalue weighted by Gasteiger charge is 2.52. The van der Waals surface area contributed by atoms with Crippen molar-refractivity contribution in [2.45, 2.75) is 37.8 Å². The SMILES string of the molecule is C[C@H](NC(=O)c1cccc2c1N(Cc1cccc(F)c1)CC21CC1)c1ccc(C(=O)O)cc1. The number of fused-ring (bicyclic) bond motifs is 2. The second-order valence-corrected chi connectivity index (χ2v) is 9.09. The summed E-state index contributed by atoms with van der Waals surface area (Å²) in [6.07, 6.45) is 2.19. The van der Waals surface area contributed by atoms with E-state index in [2.05, 4.69) is 16.3 Å². The first kappa shape index (κ1) is 21.2. The number of rotatable bonds is 6. The van der Waals surface area contributed by atoms with Crippen LogP contribution in [-0.2, 0) is 12.0 Å². The zero-order valence-corrected chi connectivity index (χ0v) is 18.3. The molecule has 0 saturated heterocycles. The van der Waals surface area contributed by atoms with Gasteiger partial charge < -0.3 is 15.3 Å². The second kappa shape index (κ2) is 8.03. The second-order valence-electron chi connectivity index (χ2n) is 9.09. The van der Waals surface area contributed by atoms with Crippen LogP contribution in [0.2, 0.25) is 0 Å². The third-order valence-corrected chi connectivity index (χ3v) is 6.78. The van der Waals surface area contributed by atoms with Crippen molar-refractivity contribution in [1.82, 2.24) is 5.32 Å². The Morgan fingerprint density at radius 2 is 1.82 bits per heavy atom. The van der Waals surface area contributed by atoms with Gasteiger partial charge in [0.15, 0.2) is 0 Å². The van der Waals surface area contributed by atoms with Crippen molar-refractivity contribution in [1.29, 1.82) is 0 Å². The number of nitrogens with one attached hydrogen (secondary N) is 1. The minimum Gasteiger partial charge on any atom is -0.478 e. The van der Waals surface area contributed by atoms with Gasteiger partial charge in [-0.3, -0.25) is 4.79 Å². The Labute approximate surface area is 191 Å². The first-order valence-electron chi connectivity index (χ1n) is 11.1. The van der Waals surface area contributed by atoms with E-state index < -0.39 is 5.97 Å². The van der Waals surface area contributed by atoms with Gasteiger partial charge in [0.2, 0.25) is 0 Å². The van der Waals surface area contributed by atoms with Gasteiger partial charge in [-0.15, -0.1) is 0 Å².